The Kier molecular flexibility index (Phi) is 8.57. The van der Waals surface area contributed by atoms with E-state index < -0.39 is 20.8 Å². The van der Waals surface area contributed by atoms with E-state index in [1.807, 2.05) is 0 Å². The van der Waals surface area contributed by atoms with E-state index in [2.05, 4.69) is 61.5 Å². The average molecular weight is 478 g/mol. The maximum atomic E-state index is 4.93. The van der Waals surface area contributed by atoms with Gasteiger partial charge >= 0.3 is 37.9 Å². The van der Waals surface area contributed by atoms with Gasteiger partial charge in [0.1, 0.15) is 0 Å². The first-order chi connectivity index (χ1) is 13.2. The third-order valence-corrected chi connectivity index (χ3v) is 5.67. The molecule has 0 amide bonds. The molecule has 0 aliphatic heterocycles. The Balaban J connectivity index is 0.000000659. The Morgan fingerprint density at radius 2 is 1.63 bits per heavy atom. The predicted octanol–water partition coefficient (Wildman–Crippen LogP) is 8.42. The van der Waals surface area contributed by atoms with Crippen LogP contribution in [-0.2, 0) is 27.3 Å². The van der Waals surface area contributed by atoms with Crippen LogP contribution in [0.2, 0.25) is 0 Å². The summed E-state index contributed by atoms with van der Waals surface area (Å²) in [6.45, 7) is 2.15. The van der Waals surface area contributed by atoms with Gasteiger partial charge in [0.2, 0.25) is 0 Å². The van der Waals surface area contributed by atoms with Crippen LogP contribution >= 0.6 is 17.0 Å². The zero-order chi connectivity index (χ0) is 19.1. The van der Waals surface area contributed by atoms with Crippen molar-refractivity contribution in [3.8, 4) is 11.1 Å². The van der Waals surface area contributed by atoms with Gasteiger partial charge in [0.15, 0.2) is 0 Å². The summed E-state index contributed by atoms with van der Waals surface area (Å²) >= 11 is -0.826. The van der Waals surface area contributed by atoms with Crippen LogP contribution in [0.25, 0.3) is 21.9 Å². The number of rotatable bonds is 3. The molecule has 1 saturated carbocycles. The van der Waals surface area contributed by atoms with Gasteiger partial charge in [-0.05, 0) is 24.8 Å². The molecule has 0 aromatic heterocycles. The molecule has 0 radical (unpaired) electrons. The monoisotopic (exact) mass is 475 g/mol. The Hall–Kier alpha value is -0.487. The first kappa shape index (κ1) is 21.2. The first-order valence-electron chi connectivity index (χ1n) is 9.93. The van der Waals surface area contributed by atoms with Crippen LogP contribution in [0.5, 0.6) is 0 Å². The molecule has 1 aliphatic carbocycles. The van der Waals surface area contributed by atoms with Crippen LogP contribution in [0.1, 0.15) is 49.7 Å². The summed E-state index contributed by atoms with van der Waals surface area (Å²) in [5.41, 5.74) is 5.57. The van der Waals surface area contributed by atoms with Crippen LogP contribution < -0.4 is 0 Å². The number of hydrogen-bond donors (Lipinski definition) is 0. The molecule has 0 atom stereocenters. The quantitative estimate of drug-likeness (QED) is 0.262. The fourth-order valence-corrected chi connectivity index (χ4v) is 4.30. The minimum atomic E-state index is -0.826. The van der Waals surface area contributed by atoms with Crippen LogP contribution in [0.4, 0.5) is 0 Å². The topological polar surface area (TPSA) is 0 Å². The number of aryl methyl sites for hydroxylation is 1. The van der Waals surface area contributed by atoms with E-state index >= 15 is 0 Å². The standard InChI is InChI=1S/C24H27.2ClH.Zr/c1-18-11-13-21(14-12-18)23-10-6-9-22-16-20(17-24(22)23)15-19-7-4-2-3-5-8-19;;;/h6,9-14,16-17,19H,2-5,7-8,15H2,1H3;2*1H;/q-1;;;+2/p-2. The molecule has 27 heavy (non-hydrogen) atoms. The van der Waals surface area contributed by atoms with Crippen molar-refractivity contribution in [1.82, 2.24) is 0 Å². The molecule has 4 rings (SSSR count). The van der Waals surface area contributed by atoms with E-state index in [9.17, 15) is 0 Å². The second kappa shape index (κ2) is 10.9. The molecule has 0 bridgehead atoms. The van der Waals surface area contributed by atoms with Gasteiger partial charge in [-0.2, -0.15) is 6.07 Å². The van der Waals surface area contributed by atoms with Crippen molar-refractivity contribution in [2.24, 2.45) is 5.92 Å². The van der Waals surface area contributed by atoms with Gasteiger partial charge in [-0.15, -0.1) is 34.5 Å². The molecule has 0 unspecified atom stereocenters. The predicted molar refractivity (Wildman–Crippen MR) is 116 cm³/mol. The number of benzene rings is 2. The maximum absolute atomic E-state index is 4.93. The van der Waals surface area contributed by atoms with E-state index in [0.29, 0.717) is 0 Å². The Bertz CT molecular complexity index is 827. The van der Waals surface area contributed by atoms with Crippen LogP contribution in [0.3, 0.4) is 0 Å². The fourth-order valence-electron chi connectivity index (χ4n) is 4.30. The minimum absolute atomic E-state index is 0.826. The van der Waals surface area contributed by atoms with E-state index in [0.717, 1.165) is 5.92 Å². The Labute approximate surface area is 182 Å². The first-order valence-corrected chi connectivity index (χ1v) is 16.3. The summed E-state index contributed by atoms with van der Waals surface area (Å²) in [5.74, 6) is 0.895. The van der Waals surface area contributed by atoms with Gasteiger partial charge in [0.05, 0.1) is 0 Å². The number of halogens is 2. The van der Waals surface area contributed by atoms with Crippen molar-refractivity contribution >= 4 is 27.8 Å². The van der Waals surface area contributed by atoms with Gasteiger partial charge < -0.3 is 0 Å². The normalized spacial score (nSPS) is 15.1. The summed E-state index contributed by atoms with van der Waals surface area (Å²) in [6.07, 6.45) is 9.86. The third-order valence-electron chi connectivity index (χ3n) is 5.67. The van der Waals surface area contributed by atoms with Crippen LogP contribution in [0.15, 0.2) is 54.6 Å². The van der Waals surface area contributed by atoms with Crippen molar-refractivity contribution in [1.29, 1.82) is 0 Å². The summed E-state index contributed by atoms with van der Waals surface area (Å²) < 4.78 is 0. The molecule has 3 aromatic carbocycles. The molecule has 0 saturated heterocycles. The summed E-state index contributed by atoms with van der Waals surface area (Å²) in [6, 6.07) is 20.5. The van der Waals surface area contributed by atoms with Crippen molar-refractivity contribution in [3.63, 3.8) is 0 Å². The molecule has 1 aliphatic rings. The Morgan fingerprint density at radius 3 is 2.30 bits per heavy atom. The molecule has 3 heteroatoms. The molecule has 1 fully saturated rings. The molecule has 0 nitrogen and oxygen atoms in total. The van der Waals surface area contributed by atoms with Crippen molar-refractivity contribution in [3.05, 3.63) is 65.7 Å². The average Bonchev–Trinajstić information content (AvgIpc) is 2.90. The molecular weight excluding hydrogens is 450 g/mol. The summed E-state index contributed by atoms with van der Waals surface area (Å²) in [5, 5.41) is 2.82. The zero-order valence-corrected chi connectivity index (χ0v) is 19.9. The van der Waals surface area contributed by atoms with Gasteiger partial charge in [0, 0.05) is 0 Å². The van der Waals surface area contributed by atoms with Crippen LogP contribution in [0, 0.1) is 12.8 Å². The molecule has 0 spiro atoms. The summed E-state index contributed by atoms with van der Waals surface area (Å²) in [4.78, 5) is 0. The SMILES string of the molecule is Cc1ccc(-c2cccc3[cH-]c(CC4CCCCCC4)cc23)cc1.[Cl][Zr][Cl]. The second-order valence-electron chi connectivity index (χ2n) is 7.67. The molecule has 142 valence electrons. The van der Waals surface area contributed by atoms with E-state index in [-0.39, 0.29) is 0 Å². The van der Waals surface area contributed by atoms with E-state index in [1.165, 1.54) is 78.0 Å². The van der Waals surface area contributed by atoms with E-state index in [4.69, 9.17) is 17.0 Å². The van der Waals surface area contributed by atoms with Gasteiger partial charge in [-0.3, -0.25) is 0 Å². The van der Waals surface area contributed by atoms with Crippen molar-refractivity contribution < 1.29 is 20.8 Å². The van der Waals surface area contributed by atoms with Gasteiger partial charge in [-0.25, -0.2) is 0 Å². The molecule has 0 heterocycles. The fraction of sp³-hybridized carbons (Fsp3) is 0.375. The van der Waals surface area contributed by atoms with Gasteiger partial charge in [0.25, 0.3) is 0 Å². The summed E-state index contributed by atoms with van der Waals surface area (Å²) in [7, 11) is 9.87. The molecule has 3 aromatic rings. The van der Waals surface area contributed by atoms with Gasteiger partial charge in [-0.1, -0.05) is 80.0 Å². The number of fused-ring (bicyclic) bond motifs is 1. The van der Waals surface area contributed by atoms with Crippen molar-refractivity contribution in [2.45, 2.75) is 51.9 Å². The number of hydrogen-bond acceptors (Lipinski definition) is 0. The second-order valence-corrected chi connectivity index (χ2v) is 11.4. The van der Waals surface area contributed by atoms with E-state index in [1.54, 1.807) is 0 Å². The Morgan fingerprint density at radius 1 is 0.963 bits per heavy atom. The molecule has 0 N–H and O–H groups in total. The van der Waals surface area contributed by atoms with Crippen molar-refractivity contribution in [2.75, 3.05) is 0 Å². The third kappa shape index (κ3) is 5.99. The zero-order valence-electron chi connectivity index (χ0n) is 16.0. The van der Waals surface area contributed by atoms with Crippen LogP contribution in [-0.4, -0.2) is 0 Å². The molecular formula is C24H27Cl2Zr-.